The molecule has 1 heterocycles. The molecule has 0 aromatic rings. The number of carbonyl (C=O) groups is 1. The van der Waals surface area contributed by atoms with Crippen molar-refractivity contribution in [2.45, 2.75) is 25.8 Å². The Kier molecular flexibility index (Phi) is 4.15. The van der Waals surface area contributed by atoms with Crippen molar-refractivity contribution in [2.75, 3.05) is 26.3 Å². The van der Waals surface area contributed by atoms with Crippen molar-refractivity contribution in [1.29, 1.82) is 0 Å². The number of hydrogen-bond acceptors (Lipinski definition) is 2. The molecule has 76 valence electrons. The van der Waals surface area contributed by atoms with Crippen molar-refractivity contribution in [1.82, 2.24) is 10.2 Å². The lowest BCUT2D eigenvalue weighted by molar-refractivity contribution is -0.120. The smallest absolute Gasteiger partial charge is 0.217 e. The Morgan fingerprint density at radius 3 is 3.08 bits per heavy atom. The van der Waals surface area contributed by atoms with Crippen LogP contribution in [0, 0.1) is 0 Å². The molecule has 1 N–H and O–H groups in total. The van der Waals surface area contributed by atoms with Gasteiger partial charge in [0.25, 0.3) is 0 Å². The van der Waals surface area contributed by atoms with Gasteiger partial charge in [0.05, 0.1) is 0 Å². The molecule has 1 amide bonds. The van der Waals surface area contributed by atoms with Gasteiger partial charge in [-0.3, -0.25) is 9.69 Å². The Morgan fingerprint density at radius 2 is 2.46 bits per heavy atom. The number of nitrogens with one attached hydrogen (secondary N) is 1. The number of carbonyl (C=O) groups excluding carboxylic acids is 1. The van der Waals surface area contributed by atoms with Crippen LogP contribution in [0.2, 0.25) is 0 Å². The quantitative estimate of drug-likeness (QED) is 0.701. The van der Waals surface area contributed by atoms with Gasteiger partial charge in [-0.15, -0.1) is 0 Å². The van der Waals surface area contributed by atoms with Crippen LogP contribution in [0.4, 0.5) is 4.39 Å². The Morgan fingerprint density at radius 1 is 1.69 bits per heavy atom. The minimum Gasteiger partial charge on any atom is -0.352 e. The Labute approximate surface area is 78.3 Å². The first-order chi connectivity index (χ1) is 6.22. The van der Waals surface area contributed by atoms with Crippen LogP contribution in [-0.2, 0) is 4.79 Å². The fourth-order valence-electron chi connectivity index (χ4n) is 1.78. The van der Waals surface area contributed by atoms with Crippen LogP contribution < -0.4 is 5.32 Å². The molecule has 0 aliphatic carbocycles. The van der Waals surface area contributed by atoms with E-state index in [1.165, 1.54) is 6.92 Å². The summed E-state index contributed by atoms with van der Waals surface area (Å²) in [5.41, 5.74) is 0. The molecule has 0 bridgehead atoms. The Balaban J connectivity index is 2.28. The van der Waals surface area contributed by atoms with Crippen molar-refractivity contribution in [3.8, 4) is 0 Å². The van der Waals surface area contributed by atoms with Gasteiger partial charge in [-0.05, 0) is 19.4 Å². The van der Waals surface area contributed by atoms with Crippen LogP contribution in [0.25, 0.3) is 0 Å². The van der Waals surface area contributed by atoms with Crippen molar-refractivity contribution >= 4 is 5.91 Å². The Hall–Kier alpha value is -0.640. The van der Waals surface area contributed by atoms with Crippen molar-refractivity contribution < 1.29 is 9.18 Å². The molecule has 0 aromatic heterocycles. The van der Waals surface area contributed by atoms with E-state index in [2.05, 4.69) is 10.2 Å². The van der Waals surface area contributed by atoms with E-state index in [-0.39, 0.29) is 18.6 Å². The molecule has 1 unspecified atom stereocenters. The highest BCUT2D eigenvalue weighted by Crippen LogP contribution is 2.09. The van der Waals surface area contributed by atoms with Gasteiger partial charge in [-0.1, -0.05) is 0 Å². The van der Waals surface area contributed by atoms with Crippen LogP contribution in [0.5, 0.6) is 0 Å². The lowest BCUT2D eigenvalue weighted by Crippen LogP contribution is -2.47. The molecule has 4 heteroatoms. The van der Waals surface area contributed by atoms with Crippen LogP contribution >= 0.6 is 0 Å². The molecule has 1 atom stereocenters. The first kappa shape index (κ1) is 10.4. The molecule has 0 aromatic carbocycles. The van der Waals surface area contributed by atoms with E-state index < -0.39 is 0 Å². The largest absolute Gasteiger partial charge is 0.352 e. The van der Waals surface area contributed by atoms with Gasteiger partial charge < -0.3 is 5.32 Å². The van der Waals surface area contributed by atoms with Gasteiger partial charge >= 0.3 is 0 Å². The first-order valence-corrected chi connectivity index (χ1v) is 4.78. The molecule has 1 saturated heterocycles. The summed E-state index contributed by atoms with van der Waals surface area (Å²) in [4.78, 5) is 12.8. The van der Waals surface area contributed by atoms with Crippen molar-refractivity contribution in [3.63, 3.8) is 0 Å². The van der Waals surface area contributed by atoms with Gasteiger partial charge in [-0.2, -0.15) is 0 Å². The van der Waals surface area contributed by atoms with E-state index in [9.17, 15) is 9.18 Å². The molecule has 1 aliphatic rings. The van der Waals surface area contributed by atoms with Gasteiger partial charge in [-0.25, -0.2) is 4.39 Å². The Bertz CT molecular complexity index is 173. The highest BCUT2D eigenvalue weighted by atomic mass is 19.1. The van der Waals surface area contributed by atoms with Crippen molar-refractivity contribution in [3.05, 3.63) is 0 Å². The van der Waals surface area contributed by atoms with Crippen LogP contribution in [0.15, 0.2) is 0 Å². The number of halogens is 1. The van der Waals surface area contributed by atoms with E-state index in [0.717, 1.165) is 25.9 Å². The molecule has 1 fully saturated rings. The zero-order chi connectivity index (χ0) is 9.68. The molecular formula is C9H17FN2O. The lowest BCUT2D eigenvalue weighted by Gasteiger charge is -2.32. The summed E-state index contributed by atoms with van der Waals surface area (Å²) in [6, 6.07) is 0.220. The average molecular weight is 188 g/mol. The summed E-state index contributed by atoms with van der Waals surface area (Å²) in [5, 5.41) is 2.87. The standard InChI is InChI=1S/C9H17FN2O/c1-8(13)11-9-3-2-5-12(7-9)6-4-10/h9H,2-7H2,1H3,(H,11,13). The summed E-state index contributed by atoms with van der Waals surface area (Å²) < 4.78 is 12.0. The third-order valence-electron chi connectivity index (χ3n) is 2.31. The molecule has 0 spiro atoms. The van der Waals surface area contributed by atoms with Gasteiger partial charge in [0.1, 0.15) is 6.67 Å². The lowest BCUT2D eigenvalue weighted by atomic mass is 10.1. The molecule has 13 heavy (non-hydrogen) atoms. The second-order valence-corrected chi connectivity index (χ2v) is 3.53. The second-order valence-electron chi connectivity index (χ2n) is 3.53. The number of alkyl halides is 1. The average Bonchev–Trinajstić information content (AvgIpc) is 2.04. The third-order valence-corrected chi connectivity index (χ3v) is 2.31. The number of amides is 1. The number of piperidine rings is 1. The van der Waals surface area contributed by atoms with E-state index in [0.29, 0.717) is 6.54 Å². The van der Waals surface area contributed by atoms with Crippen LogP contribution in [0.3, 0.4) is 0 Å². The van der Waals surface area contributed by atoms with E-state index >= 15 is 0 Å². The molecule has 1 rings (SSSR count). The van der Waals surface area contributed by atoms with E-state index in [1.807, 2.05) is 0 Å². The summed E-state index contributed by atoms with van der Waals surface area (Å²) in [6.07, 6.45) is 2.06. The fourth-order valence-corrected chi connectivity index (χ4v) is 1.78. The predicted molar refractivity (Wildman–Crippen MR) is 49.3 cm³/mol. The maximum atomic E-state index is 12.0. The first-order valence-electron chi connectivity index (χ1n) is 4.78. The number of hydrogen-bond donors (Lipinski definition) is 1. The van der Waals surface area contributed by atoms with Gasteiger partial charge in [0.2, 0.25) is 5.91 Å². The van der Waals surface area contributed by atoms with Crippen LogP contribution in [-0.4, -0.2) is 43.2 Å². The highest BCUT2D eigenvalue weighted by molar-refractivity contribution is 5.73. The summed E-state index contributed by atoms with van der Waals surface area (Å²) in [7, 11) is 0. The van der Waals surface area contributed by atoms with E-state index in [4.69, 9.17) is 0 Å². The molecular weight excluding hydrogens is 171 g/mol. The highest BCUT2D eigenvalue weighted by Gasteiger charge is 2.19. The molecule has 0 radical (unpaired) electrons. The monoisotopic (exact) mass is 188 g/mol. The zero-order valence-corrected chi connectivity index (χ0v) is 8.05. The van der Waals surface area contributed by atoms with Gasteiger partial charge in [0, 0.05) is 26.1 Å². The number of likely N-dealkylation sites (tertiary alicyclic amines) is 1. The maximum Gasteiger partial charge on any atom is 0.217 e. The predicted octanol–water partition coefficient (Wildman–Crippen LogP) is 0.556. The number of nitrogens with zero attached hydrogens (tertiary/aromatic N) is 1. The maximum absolute atomic E-state index is 12.0. The second kappa shape index (κ2) is 5.17. The SMILES string of the molecule is CC(=O)NC1CCCN(CCF)C1. The minimum absolute atomic E-state index is 0.00657. The molecule has 1 aliphatic heterocycles. The van der Waals surface area contributed by atoms with Crippen molar-refractivity contribution in [2.24, 2.45) is 0 Å². The molecule has 3 nitrogen and oxygen atoms in total. The fraction of sp³-hybridized carbons (Fsp3) is 0.889. The van der Waals surface area contributed by atoms with Crippen LogP contribution in [0.1, 0.15) is 19.8 Å². The normalized spacial score (nSPS) is 24.3. The molecule has 0 saturated carbocycles. The summed E-state index contributed by atoms with van der Waals surface area (Å²) in [5.74, 6) is 0.00657. The van der Waals surface area contributed by atoms with Gasteiger partial charge in [0.15, 0.2) is 0 Å². The summed E-state index contributed by atoms with van der Waals surface area (Å²) >= 11 is 0. The zero-order valence-electron chi connectivity index (χ0n) is 8.05. The third kappa shape index (κ3) is 3.72. The van der Waals surface area contributed by atoms with E-state index in [1.54, 1.807) is 0 Å². The number of rotatable bonds is 3. The topological polar surface area (TPSA) is 32.3 Å². The minimum atomic E-state index is -0.299. The summed E-state index contributed by atoms with van der Waals surface area (Å²) in [6.45, 7) is 3.47.